The average molecular weight is 525 g/mol. The van der Waals surface area contributed by atoms with Gasteiger partial charge in [0.15, 0.2) is 11.5 Å². The van der Waals surface area contributed by atoms with Gasteiger partial charge < -0.3 is 29.7 Å². The molecule has 0 atom stereocenters. The molecule has 2 rings (SSSR count). The largest absolute Gasteiger partial charge is 0.493 e. The molecule has 2 aromatic carbocycles. The fourth-order valence-electron chi connectivity index (χ4n) is 3.81. The Hall–Kier alpha value is -3.77. The molecule has 0 aliphatic heterocycles. The molecule has 2 N–H and O–H groups in total. The van der Waals surface area contributed by atoms with Gasteiger partial charge in [0.25, 0.3) is 0 Å². The van der Waals surface area contributed by atoms with E-state index in [1.165, 1.54) is 0 Å². The number of nitriles is 1. The van der Waals surface area contributed by atoms with E-state index in [1.807, 2.05) is 48.5 Å². The van der Waals surface area contributed by atoms with E-state index in [0.717, 1.165) is 30.5 Å². The SMILES string of the molecule is COc1ccc(CCC(=O)NCCCN(CCCCNCCC#N)C(=O)OCc2ccccc2)cc1OC. The minimum absolute atomic E-state index is 0.0403. The monoisotopic (exact) mass is 524 g/mol. The lowest BCUT2D eigenvalue weighted by molar-refractivity contribution is -0.121. The smallest absolute Gasteiger partial charge is 0.410 e. The second kappa shape index (κ2) is 18.5. The normalized spacial score (nSPS) is 10.3. The average Bonchev–Trinajstić information content (AvgIpc) is 2.95. The molecule has 0 saturated carbocycles. The van der Waals surface area contributed by atoms with Crippen molar-refractivity contribution in [1.29, 1.82) is 5.26 Å². The van der Waals surface area contributed by atoms with Crippen molar-refractivity contribution in [2.45, 2.75) is 45.1 Å². The van der Waals surface area contributed by atoms with Crippen LogP contribution in [0.3, 0.4) is 0 Å². The van der Waals surface area contributed by atoms with Crippen molar-refractivity contribution in [3.8, 4) is 17.6 Å². The van der Waals surface area contributed by atoms with Gasteiger partial charge in [-0.1, -0.05) is 36.4 Å². The van der Waals surface area contributed by atoms with E-state index in [-0.39, 0.29) is 18.6 Å². The number of carbonyl (C=O) groups is 2. The van der Waals surface area contributed by atoms with E-state index in [4.69, 9.17) is 19.5 Å². The third-order valence-electron chi connectivity index (χ3n) is 5.92. The van der Waals surface area contributed by atoms with Crippen LogP contribution in [0.5, 0.6) is 11.5 Å². The second-order valence-electron chi connectivity index (χ2n) is 8.79. The van der Waals surface area contributed by atoms with Gasteiger partial charge in [-0.3, -0.25) is 4.79 Å². The molecule has 0 saturated heterocycles. The standard InChI is InChI=1S/C29H40N4O5/c1-36-26-14-12-24(22-27(26)37-2)13-15-28(34)32-19-9-21-33(20-7-6-17-31-18-8-16-30)29(35)38-23-25-10-4-3-5-11-25/h3-5,10-12,14,22,31H,6-9,13,15,17-21,23H2,1-2H3,(H,32,34). The number of carbonyl (C=O) groups excluding carboxylic acids is 2. The van der Waals surface area contributed by atoms with Crippen LogP contribution >= 0.6 is 0 Å². The molecule has 9 nitrogen and oxygen atoms in total. The molecule has 9 heteroatoms. The van der Waals surface area contributed by atoms with Gasteiger partial charge >= 0.3 is 6.09 Å². The molecule has 2 amide bonds. The topological polar surface area (TPSA) is 113 Å². The zero-order chi connectivity index (χ0) is 27.4. The number of hydrogen-bond acceptors (Lipinski definition) is 7. The van der Waals surface area contributed by atoms with Crippen molar-refractivity contribution >= 4 is 12.0 Å². The Morgan fingerprint density at radius 3 is 2.39 bits per heavy atom. The summed E-state index contributed by atoms with van der Waals surface area (Å²) in [5.41, 5.74) is 1.93. The number of hydrogen-bond donors (Lipinski definition) is 2. The van der Waals surface area contributed by atoms with Crippen molar-refractivity contribution < 1.29 is 23.8 Å². The molecule has 0 aliphatic carbocycles. The molecule has 0 aliphatic rings. The van der Waals surface area contributed by atoms with Crippen molar-refractivity contribution in [1.82, 2.24) is 15.5 Å². The number of amides is 2. The van der Waals surface area contributed by atoms with Crippen LogP contribution < -0.4 is 20.1 Å². The summed E-state index contributed by atoms with van der Waals surface area (Å²) in [7, 11) is 3.17. The molecule has 38 heavy (non-hydrogen) atoms. The Labute approximate surface area is 226 Å². The predicted octanol–water partition coefficient (Wildman–Crippen LogP) is 4.06. The zero-order valence-electron chi connectivity index (χ0n) is 22.5. The number of methoxy groups -OCH3 is 2. The first kappa shape index (κ1) is 30.5. The van der Waals surface area contributed by atoms with Gasteiger partial charge in [0, 0.05) is 39.0 Å². The van der Waals surface area contributed by atoms with Gasteiger partial charge in [-0.05, 0) is 55.5 Å². The van der Waals surface area contributed by atoms with Crippen LogP contribution in [0.1, 0.15) is 43.2 Å². The highest BCUT2D eigenvalue weighted by atomic mass is 16.6. The van der Waals surface area contributed by atoms with Crippen molar-refractivity contribution in [2.75, 3.05) is 46.9 Å². The highest BCUT2D eigenvalue weighted by Crippen LogP contribution is 2.27. The lowest BCUT2D eigenvalue weighted by Crippen LogP contribution is -2.35. The maximum Gasteiger partial charge on any atom is 0.410 e. The summed E-state index contributed by atoms with van der Waals surface area (Å²) < 4.78 is 16.1. The van der Waals surface area contributed by atoms with E-state index in [1.54, 1.807) is 19.1 Å². The lowest BCUT2D eigenvalue weighted by atomic mass is 10.1. The number of ether oxygens (including phenoxy) is 3. The summed E-state index contributed by atoms with van der Waals surface area (Å²) in [6, 6.07) is 17.3. The lowest BCUT2D eigenvalue weighted by Gasteiger charge is -2.22. The van der Waals surface area contributed by atoms with Gasteiger partial charge in [0.2, 0.25) is 5.91 Å². The number of unbranched alkanes of at least 4 members (excludes halogenated alkanes) is 1. The van der Waals surface area contributed by atoms with E-state index in [0.29, 0.717) is 63.4 Å². The Balaban J connectivity index is 1.75. The van der Waals surface area contributed by atoms with Crippen LogP contribution in [0.25, 0.3) is 0 Å². The number of nitrogens with one attached hydrogen (secondary N) is 2. The number of nitrogens with zero attached hydrogens (tertiary/aromatic N) is 2. The number of benzene rings is 2. The first-order valence-electron chi connectivity index (χ1n) is 13.1. The minimum Gasteiger partial charge on any atom is -0.493 e. The van der Waals surface area contributed by atoms with Crippen LogP contribution in [-0.4, -0.2) is 63.8 Å². The van der Waals surface area contributed by atoms with E-state index < -0.39 is 0 Å². The Bertz CT molecular complexity index is 1010. The molecule has 2 aromatic rings. The summed E-state index contributed by atoms with van der Waals surface area (Å²) in [5.74, 6) is 1.26. The van der Waals surface area contributed by atoms with Gasteiger partial charge in [-0.2, -0.15) is 5.26 Å². The van der Waals surface area contributed by atoms with Crippen LogP contribution in [-0.2, 0) is 22.6 Å². The first-order valence-corrected chi connectivity index (χ1v) is 13.1. The Morgan fingerprint density at radius 1 is 0.895 bits per heavy atom. The third-order valence-corrected chi connectivity index (χ3v) is 5.92. The van der Waals surface area contributed by atoms with Crippen molar-refractivity contribution in [3.05, 3.63) is 59.7 Å². The molecule has 0 spiro atoms. The molecule has 0 unspecified atom stereocenters. The highest BCUT2D eigenvalue weighted by Gasteiger charge is 2.15. The summed E-state index contributed by atoms with van der Waals surface area (Å²) in [6.07, 6.45) is 3.41. The molecule has 0 heterocycles. The summed E-state index contributed by atoms with van der Waals surface area (Å²) in [5, 5.41) is 14.8. The van der Waals surface area contributed by atoms with Crippen molar-refractivity contribution in [3.63, 3.8) is 0 Å². The van der Waals surface area contributed by atoms with Crippen molar-refractivity contribution in [2.24, 2.45) is 0 Å². The molecule has 0 fully saturated rings. The summed E-state index contributed by atoms with van der Waals surface area (Å²) in [4.78, 5) is 26.8. The predicted molar refractivity (Wildman–Crippen MR) is 146 cm³/mol. The van der Waals surface area contributed by atoms with E-state index in [9.17, 15) is 9.59 Å². The summed E-state index contributed by atoms with van der Waals surface area (Å²) >= 11 is 0. The van der Waals surface area contributed by atoms with Gasteiger partial charge in [0.1, 0.15) is 6.61 Å². The molecular formula is C29H40N4O5. The molecule has 0 bridgehead atoms. The van der Waals surface area contributed by atoms with E-state index >= 15 is 0 Å². The zero-order valence-corrected chi connectivity index (χ0v) is 22.5. The van der Waals surface area contributed by atoms with Gasteiger partial charge in [0.05, 0.1) is 20.3 Å². The fraction of sp³-hybridized carbons (Fsp3) is 0.483. The molecule has 0 radical (unpaired) electrons. The first-order chi connectivity index (χ1) is 18.6. The van der Waals surface area contributed by atoms with Crippen LogP contribution in [0.4, 0.5) is 4.79 Å². The van der Waals surface area contributed by atoms with Crippen LogP contribution in [0.2, 0.25) is 0 Å². The highest BCUT2D eigenvalue weighted by molar-refractivity contribution is 5.76. The maximum atomic E-state index is 12.8. The fourth-order valence-corrected chi connectivity index (χ4v) is 3.81. The van der Waals surface area contributed by atoms with Crippen LogP contribution in [0, 0.1) is 11.3 Å². The Morgan fingerprint density at radius 2 is 1.66 bits per heavy atom. The quantitative estimate of drug-likeness (QED) is 0.283. The number of aryl methyl sites for hydroxylation is 1. The molecular weight excluding hydrogens is 484 g/mol. The summed E-state index contributed by atoms with van der Waals surface area (Å²) in [6.45, 7) is 3.23. The second-order valence-corrected chi connectivity index (χ2v) is 8.79. The van der Waals surface area contributed by atoms with E-state index in [2.05, 4.69) is 16.7 Å². The van der Waals surface area contributed by atoms with Gasteiger partial charge in [-0.25, -0.2) is 4.79 Å². The number of rotatable bonds is 18. The van der Waals surface area contributed by atoms with Gasteiger partial charge in [-0.15, -0.1) is 0 Å². The Kier molecular flexibility index (Phi) is 14.8. The molecule has 206 valence electrons. The maximum absolute atomic E-state index is 12.8. The van der Waals surface area contributed by atoms with Crippen LogP contribution in [0.15, 0.2) is 48.5 Å². The molecule has 0 aromatic heterocycles. The minimum atomic E-state index is -0.355. The third kappa shape index (κ3) is 12.0.